The van der Waals surface area contributed by atoms with Gasteiger partial charge in [-0.25, -0.2) is 19.4 Å². The van der Waals surface area contributed by atoms with E-state index in [0.29, 0.717) is 17.0 Å². The highest BCUT2D eigenvalue weighted by atomic mass is 79.9. The van der Waals surface area contributed by atoms with Crippen LogP contribution in [0.25, 0.3) is 11.2 Å². The first kappa shape index (κ1) is 25.2. The summed E-state index contributed by atoms with van der Waals surface area (Å²) in [6, 6.07) is 5.70. The Morgan fingerprint density at radius 2 is 1.78 bits per heavy atom. The van der Waals surface area contributed by atoms with Gasteiger partial charge in [-0.15, -0.1) is 0 Å². The van der Waals surface area contributed by atoms with Gasteiger partial charge in [-0.05, 0) is 40.5 Å². The molecule has 13 heteroatoms. The van der Waals surface area contributed by atoms with Crippen molar-refractivity contribution < 1.29 is 19.1 Å². The molecule has 0 saturated carbocycles. The molecular weight excluding hydrogens is 536 g/mol. The number of carbonyl (C=O) groups is 2. The summed E-state index contributed by atoms with van der Waals surface area (Å²) < 4.78 is 14.6. The third-order valence-electron chi connectivity index (χ3n) is 6.13. The number of ether oxygens (including phenoxy) is 2. The summed E-state index contributed by atoms with van der Waals surface area (Å²) in [6.45, 7) is 1.74. The zero-order valence-electron chi connectivity index (χ0n) is 20.4. The number of fused-ring (bicyclic) bond motifs is 1. The van der Waals surface area contributed by atoms with Gasteiger partial charge in [0.05, 0.1) is 37.6 Å². The molecule has 12 nitrogen and oxygen atoms in total. The lowest BCUT2D eigenvalue weighted by Gasteiger charge is -2.35. The molecule has 2 amide bonds. The number of aromatic nitrogens is 4. The minimum absolute atomic E-state index is 0.0742. The van der Waals surface area contributed by atoms with Crippen molar-refractivity contribution in [3.8, 4) is 5.75 Å². The molecule has 2 aromatic heterocycles. The number of benzene rings is 1. The number of likely N-dealkylation sites (N-methyl/N-ethyl adjacent to an activating group) is 1. The Labute approximate surface area is 213 Å². The predicted octanol–water partition coefficient (Wildman–Crippen LogP) is 1.42. The zero-order valence-corrected chi connectivity index (χ0v) is 22.0. The molecule has 3 heterocycles. The van der Waals surface area contributed by atoms with E-state index < -0.39 is 29.3 Å². The van der Waals surface area contributed by atoms with Crippen LogP contribution in [0.15, 0.2) is 49.9 Å². The molecule has 3 aromatic rings. The lowest BCUT2D eigenvalue weighted by Crippen LogP contribution is -2.47. The van der Waals surface area contributed by atoms with E-state index in [9.17, 15) is 19.2 Å². The maximum atomic E-state index is 13.2. The van der Waals surface area contributed by atoms with Gasteiger partial charge >= 0.3 is 17.7 Å². The predicted molar refractivity (Wildman–Crippen MR) is 134 cm³/mol. The second-order valence-electron chi connectivity index (χ2n) is 8.14. The van der Waals surface area contributed by atoms with Crippen LogP contribution >= 0.6 is 15.9 Å². The number of allylic oxidation sites excluding steroid dienone is 1. The van der Waals surface area contributed by atoms with Gasteiger partial charge in [0, 0.05) is 21.1 Å². The first-order valence-corrected chi connectivity index (χ1v) is 11.8. The second-order valence-corrected chi connectivity index (χ2v) is 8.85. The van der Waals surface area contributed by atoms with E-state index in [4.69, 9.17) is 9.47 Å². The number of carbonyl (C=O) groups excluding carboxylic acids is 2. The molecule has 0 spiro atoms. The van der Waals surface area contributed by atoms with E-state index in [-0.39, 0.29) is 34.6 Å². The highest BCUT2D eigenvalue weighted by Crippen LogP contribution is 2.33. The van der Waals surface area contributed by atoms with Crippen LogP contribution in [-0.4, -0.2) is 56.3 Å². The largest absolute Gasteiger partial charge is 0.497 e. The normalized spacial score (nSPS) is 15.9. The van der Waals surface area contributed by atoms with Crippen molar-refractivity contribution in [2.75, 3.05) is 20.8 Å². The molecule has 0 aliphatic carbocycles. The number of aryl methyl sites for hydroxylation is 1. The van der Waals surface area contributed by atoms with Crippen LogP contribution in [0, 0.1) is 0 Å². The fraction of sp³-hybridized carbons (Fsp3) is 0.348. The fourth-order valence-electron chi connectivity index (χ4n) is 4.16. The van der Waals surface area contributed by atoms with Gasteiger partial charge in [0.15, 0.2) is 15.9 Å². The van der Waals surface area contributed by atoms with Gasteiger partial charge in [0.1, 0.15) is 5.75 Å². The SMILES string of the molecule is CCOC(=O)C1=C(Cn2c(Br)nc3c2c(=O)n(C)c(=O)n3C)N(C)C(=O)NC1c1ccc(OC)cc1. The van der Waals surface area contributed by atoms with E-state index in [1.54, 1.807) is 38.3 Å². The maximum Gasteiger partial charge on any atom is 0.338 e. The maximum absolute atomic E-state index is 13.2. The molecule has 1 aliphatic heterocycles. The molecule has 1 aromatic carbocycles. The van der Waals surface area contributed by atoms with Crippen LogP contribution in [0.4, 0.5) is 4.79 Å². The minimum atomic E-state index is -0.811. The smallest absolute Gasteiger partial charge is 0.338 e. The molecule has 1 aliphatic rings. The third kappa shape index (κ3) is 4.08. The minimum Gasteiger partial charge on any atom is -0.497 e. The Hall–Kier alpha value is -3.87. The van der Waals surface area contributed by atoms with E-state index >= 15 is 0 Å². The van der Waals surface area contributed by atoms with E-state index in [1.807, 2.05) is 0 Å². The van der Waals surface area contributed by atoms with Gasteiger partial charge in [0.2, 0.25) is 0 Å². The Balaban J connectivity index is 1.96. The molecule has 190 valence electrons. The van der Waals surface area contributed by atoms with Crippen molar-refractivity contribution in [1.82, 2.24) is 28.9 Å². The third-order valence-corrected chi connectivity index (χ3v) is 6.74. The second kappa shape index (κ2) is 9.64. The average Bonchev–Trinajstić information content (AvgIpc) is 3.20. The number of nitrogens with zero attached hydrogens (tertiary/aromatic N) is 5. The van der Waals surface area contributed by atoms with Gasteiger partial charge in [-0.2, -0.15) is 0 Å². The van der Waals surface area contributed by atoms with Crippen LogP contribution in [0.3, 0.4) is 0 Å². The number of hydrogen-bond donors (Lipinski definition) is 1. The van der Waals surface area contributed by atoms with Crippen molar-refractivity contribution in [3.63, 3.8) is 0 Å². The Bertz CT molecular complexity index is 1520. The van der Waals surface area contributed by atoms with Crippen LogP contribution in [0.1, 0.15) is 18.5 Å². The summed E-state index contributed by atoms with van der Waals surface area (Å²) in [5, 5.41) is 2.85. The topological polar surface area (TPSA) is 130 Å². The monoisotopic (exact) mass is 560 g/mol. The van der Waals surface area contributed by atoms with E-state index in [0.717, 1.165) is 4.57 Å². The van der Waals surface area contributed by atoms with Gasteiger partial charge in [0.25, 0.3) is 5.56 Å². The van der Waals surface area contributed by atoms with Crippen LogP contribution in [0.2, 0.25) is 0 Å². The number of amides is 2. The molecule has 0 radical (unpaired) electrons. The summed E-state index contributed by atoms with van der Waals surface area (Å²) in [6.07, 6.45) is 0. The van der Waals surface area contributed by atoms with Crippen molar-refractivity contribution >= 4 is 39.1 Å². The molecule has 0 saturated heterocycles. The number of hydrogen-bond acceptors (Lipinski definition) is 7. The number of esters is 1. The summed E-state index contributed by atoms with van der Waals surface area (Å²) in [4.78, 5) is 57.3. The average molecular weight is 561 g/mol. The highest BCUT2D eigenvalue weighted by Gasteiger charge is 2.37. The number of nitrogens with one attached hydrogen (secondary N) is 1. The zero-order chi connectivity index (χ0) is 26.3. The number of urea groups is 1. The standard InChI is InChI=1S/C23H25BrN6O6/c1-6-36-20(32)15-14(27(2)22(33)25-16(15)12-7-9-13(35-5)10-8-12)11-30-17-18(26-21(30)24)28(3)23(34)29(4)19(17)31/h7-10,16H,6,11H2,1-5H3,(H,25,33). The Kier molecular flexibility index (Phi) is 6.76. The van der Waals surface area contributed by atoms with Gasteiger partial charge in [-0.3, -0.25) is 18.8 Å². The number of methoxy groups -OCH3 is 1. The first-order valence-electron chi connectivity index (χ1n) is 11.0. The summed E-state index contributed by atoms with van der Waals surface area (Å²) in [5.41, 5.74) is 0.397. The van der Waals surface area contributed by atoms with Crippen LogP contribution in [0.5, 0.6) is 5.75 Å². The summed E-state index contributed by atoms with van der Waals surface area (Å²) >= 11 is 3.37. The van der Waals surface area contributed by atoms with Crippen molar-refractivity contribution in [2.45, 2.75) is 19.5 Å². The summed E-state index contributed by atoms with van der Waals surface area (Å²) in [5.74, 6) is 0.0104. The van der Waals surface area contributed by atoms with Crippen molar-refractivity contribution in [1.29, 1.82) is 0 Å². The van der Waals surface area contributed by atoms with Crippen LogP contribution < -0.4 is 21.3 Å². The quantitative estimate of drug-likeness (QED) is 0.356. The Morgan fingerprint density at radius 1 is 1.11 bits per heavy atom. The molecule has 1 unspecified atom stereocenters. The molecule has 4 rings (SSSR count). The summed E-state index contributed by atoms with van der Waals surface area (Å²) in [7, 11) is 5.95. The van der Waals surface area contributed by atoms with Crippen molar-refractivity contribution in [2.24, 2.45) is 14.1 Å². The molecule has 1 N–H and O–H groups in total. The van der Waals surface area contributed by atoms with Gasteiger partial charge in [-0.1, -0.05) is 12.1 Å². The molecule has 1 atom stereocenters. The molecule has 0 bridgehead atoms. The van der Waals surface area contributed by atoms with E-state index in [2.05, 4.69) is 26.2 Å². The number of imidazole rings is 1. The number of rotatable bonds is 6. The highest BCUT2D eigenvalue weighted by molar-refractivity contribution is 9.10. The van der Waals surface area contributed by atoms with Gasteiger partial charge < -0.3 is 19.4 Å². The van der Waals surface area contributed by atoms with Crippen molar-refractivity contribution in [3.05, 3.63) is 66.7 Å². The van der Waals surface area contributed by atoms with Crippen LogP contribution in [-0.2, 0) is 30.2 Å². The fourth-order valence-corrected chi connectivity index (χ4v) is 4.63. The molecule has 0 fully saturated rings. The lowest BCUT2D eigenvalue weighted by atomic mass is 9.94. The number of halogens is 1. The lowest BCUT2D eigenvalue weighted by molar-refractivity contribution is -0.139. The first-order chi connectivity index (χ1) is 17.1. The Morgan fingerprint density at radius 3 is 2.39 bits per heavy atom. The molecular formula is C23H25BrN6O6. The molecule has 36 heavy (non-hydrogen) atoms. The van der Waals surface area contributed by atoms with E-state index in [1.165, 1.54) is 35.2 Å².